The minimum absolute atomic E-state index is 0.264. The van der Waals surface area contributed by atoms with Crippen LogP contribution in [0.5, 0.6) is 0 Å². The fourth-order valence-corrected chi connectivity index (χ4v) is 1.06. The molecular weight excluding hydrogens is 154 g/mol. The van der Waals surface area contributed by atoms with Crippen molar-refractivity contribution in [2.24, 2.45) is 0 Å². The van der Waals surface area contributed by atoms with Crippen molar-refractivity contribution >= 4 is 17.3 Å². The van der Waals surface area contributed by atoms with Crippen LogP contribution >= 0.6 is 0 Å². The van der Waals surface area contributed by atoms with E-state index in [-0.39, 0.29) is 5.95 Å². The highest BCUT2D eigenvalue weighted by molar-refractivity contribution is 5.54. The smallest absolute Gasteiger partial charge is 0.240 e. The first-order valence-electron chi connectivity index (χ1n) is 3.55. The Hall–Kier alpha value is -1.78. The van der Waals surface area contributed by atoms with E-state index in [4.69, 9.17) is 11.5 Å². The number of anilines is 2. The molecule has 0 aliphatic heterocycles. The summed E-state index contributed by atoms with van der Waals surface area (Å²) in [6.07, 6.45) is 1.70. The van der Waals surface area contributed by atoms with Crippen LogP contribution in [0.4, 0.5) is 11.6 Å². The predicted octanol–water partition coefficient (Wildman–Crippen LogP) is 0.202. The molecule has 0 saturated carbocycles. The largest absolute Gasteiger partial charge is 0.397 e. The van der Waals surface area contributed by atoms with Gasteiger partial charge >= 0.3 is 0 Å². The second-order valence-electron chi connectivity index (χ2n) is 2.68. The highest BCUT2D eigenvalue weighted by Gasteiger charge is 2.01. The third-order valence-electron chi connectivity index (χ3n) is 1.74. The van der Waals surface area contributed by atoms with Crippen LogP contribution in [0.1, 0.15) is 5.56 Å². The number of pyridine rings is 1. The number of nitrogen functional groups attached to an aromatic ring is 2. The third kappa shape index (κ3) is 0.868. The number of nitrogens with two attached hydrogens (primary N) is 2. The van der Waals surface area contributed by atoms with Crippen LogP contribution in [0.2, 0.25) is 0 Å². The zero-order valence-electron chi connectivity index (χ0n) is 6.65. The van der Waals surface area contributed by atoms with E-state index in [2.05, 4.69) is 10.1 Å². The summed E-state index contributed by atoms with van der Waals surface area (Å²) < 4.78 is 1.57. The molecule has 2 heterocycles. The van der Waals surface area contributed by atoms with E-state index >= 15 is 0 Å². The van der Waals surface area contributed by atoms with E-state index in [1.807, 2.05) is 13.0 Å². The second kappa shape index (κ2) is 2.10. The molecule has 5 nitrogen and oxygen atoms in total. The van der Waals surface area contributed by atoms with Crippen molar-refractivity contribution in [3.8, 4) is 0 Å². The number of hydrogen-bond donors (Lipinski definition) is 2. The van der Waals surface area contributed by atoms with Crippen molar-refractivity contribution in [1.82, 2.24) is 14.6 Å². The van der Waals surface area contributed by atoms with E-state index in [9.17, 15) is 0 Å². The maximum atomic E-state index is 5.67. The number of aryl methyl sites for hydroxylation is 1. The molecule has 0 fully saturated rings. The topological polar surface area (TPSA) is 82.2 Å². The molecule has 4 N–H and O–H groups in total. The fraction of sp³-hybridized carbons (Fsp3) is 0.143. The van der Waals surface area contributed by atoms with Gasteiger partial charge < -0.3 is 11.5 Å². The molecule has 5 heteroatoms. The van der Waals surface area contributed by atoms with Gasteiger partial charge in [0.15, 0.2) is 5.65 Å². The summed E-state index contributed by atoms with van der Waals surface area (Å²) in [6, 6.07) is 1.85. The lowest BCUT2D eigenvalue weighted by Gasteiger charge is -1.98. The highest BCUT2D eigenvalue weighted by atomic mass is 15.3. The highest BCUT2D eigenvalue weighted by Crippen LogP contribution is 2.12. The Labute approximate surface area is 69.0 Å². The Bertz CT molecular complexity index is 392. The van der Waals surface area contributed by atoms with Gasteiger partial charge in [0.05, 0.1) is 11.9 Å². The van der Waals surface area contributed by atoms with E-state index in [0.717, 1.165) is 11.2 Å². The fourth-order valence-electron chi connectivity index (χ4n) is 1.06. The summed E-state index contributed by atoms with van der Waals surface area (Å²) in [7, 11) is 0. The first-order chi connectivity index (χ1) is 5.66. The van der Waals surface area contributed by atoms with Gasteiger partial charge in [0, 0.05) is 0 Å². The van der Waals surface area contributed by atoms with Crippen molar-refractivity contribution in [1.29, 1.82) is 0 Å². The van der Waals surface area contributed by atoms with Gasteiger partial charge in [-0.2, -0.15) is 4.98 Å². The standard InChI is InChI=1S/C7H9N5/c1-4-2-6-10-7(9)11-12(6)3-5(4)8/h2-3H,8H2,1H3,(H2,9,11). The van der Waals surface area contributed by atoms with Gasteiger partial charge in [0.2, 0.25) is 5.95 Å². The summed E-state index contributed by atoms with van der Waals surface area (Å²) in [5, 5.41) is 3.92. The molecule has 0 aliphatic rings. The average Bonchev–Trinajstić information content (AvgIpc) is 2.30. The maximum absolute atomic E-state index is 5.67. The van der Waals surface area contributed by atoms with Crippen molar-refractivity contribution in [3.05, 3.63) is 17.8 Å². The molecule has 0 radical (unpaired) electrons. The molecule has 0 unspecified atom stereocenters. The number of hydrogen-bond acceptors (Lipinski definition) is 4. The summed E-state index contributed by atoms with van der Waals surface area (Å²) in [5.41, 5.74) is 13.5. The van der Waals surface area contributed by atoms with E-state index in [0.29, 0.717) is 5.69 Å². The molecule has 0 aromatic carbocycles. The molecule has 62 valence electrons. The molecule has 0 amide bonds. The van der Waals surface area contributed by atoms with Gasteiger partial charge in [-0.05, 0) is 18.6 Å². The lowest BCUT2D eigenvalue weighted by atomic mass is 10.2. The van der Waals surface area contributed by atoms with E-state index in [1.165, 1.54) is 0 Å². The lowest BCUT2D eigenvalue weighted by molar-refractivity contribution is 0.967. The van der Waals surface area contributed by atoms with E-state index < -0.39 is 0 Å². The average molecular weight is 163 g/mol. The molecule has 2 aromatic rings. The van der Waals surface area contributed by atoms with Gasteiger partial charge in [0.1, 0.15) is 0 Å². The van der Waals surface area contributed by atoms with Crippen LogP contribution in [-0.2, 0) is 0 Å². The Kier molecular flexibility index (Phi) is 1.21. The van der Waals surface area contributed by atoms with Crippen molar-refractivity contribution in [2.75, 3.05) is 11.5 Å². The van der Waals surface area contributed by atoms with Gasteiger partial charge in [-0.3, -0.25) is 0 Å². The molecule has 12 heavy (non-hydrogen) atoms. The predicted molar refractivity (Wildman–Crippen MR) is 46.5 cm³/mol. The first kappa shape index (κ1) is 6.90. The monoisotopic (exact) mass is 163 g/mol. The number of nitrogens with zero attached hydrogens (tertiary/aromatic N) is 3. The Balaban J connectivity index is 2.83. The summed E-state index contributed by atoms with van der Waals surface area (Å²) in [5.74, 6) is 0.264. The van der Waals surface area contributed by atoms with Crippen molar-refractivity contribution in [3.63, 3.8) is 0 Å². The van der Waals surface area contributed by atoms with Gasteiger partial charge in [-0.1, -0.05) is 0 Å². The van der Waals surface area contributed by atoms with Crippen molar-refractivity contribution in [2.45, 2.75) is 6.92 Å². The summed E-state index contributed by atoms with van der Waals surface area (Å²) in [6.45, 7) is 1.92. The summed E-state index contributed by atoms with van der Waals surface area (Å²) >= 11 is 0. The minimum atomic E-state index is 0.264. The first-order valence-corrected chi connectivity index (χ1v) is 3.55. The molecule has 0 bridgehead atoms. The van der Waals surface area contributed by atoms with Crippen LogP contribution in [-0.4, -0.2) is 14.6 Å². The molecule has 2 aromatic heterocycles. The number of aromatic nitrogens is 3. The van der Waals surface area contributed by atoms with Crippen LogP contribution < -0.4 is 11.5 Å². The summed E-state index contributed by atoms with van der Waals surface area (Å²) in [4.78, 5) is 3.99. The maximum Gasteiger partial charge on any atom is 0.240 e. The van der Waals surface area contributed by atoms with Crippen LogP contribution in [0.25, 0.3) is 5.65 Å². The molecule has 0 atom stereocenters. The zero-order chi connectivity index (χ0) is 8.72. The second-order valence-corrected chi connectivity index (χ2v) is 2.68. The zero-order valence-corrected chi connectivity index (χ0v) is 6.65. The number of rotatable bonds is 0. The minimum Gasteiger partial charge on any atom is -0.397 e. The molecule has 0 saturated heterocycles. The quantitative estimate of drug-likeness (QED) is 0.581. The number of fused-ring (bicyclic) bond motifs is 1. The van der Waals surface area contributed by atoms with Crippen molar-refractivity contribution < 1.29 is 0 Å². The Morgan fingerprint density at radius 3 is 2.92 bits per heavy atom. The van der Waals surface area contributed by atoms with Crippen LogP contribution in [0.3, 0.4) is 0 Å². The van der Waals surface area contributed by atoms with Gasteiger partial charge in [-0.25, -0.2) is 4.52 Å². The van der Waals surface area contributed by atoms with E-state index in [1.54, 1.807) is 10.7 Å². The molecule has 0 spiro atoms. The van der Waals surface area contributed by atoms with Crippen LogP contribution in [0.15, 0.2) is 12.3 Å². The van der Waals surface area contributed by atoms with Crippen LogP contribution in [0, 0.1) is 6.92 Å². The third-order valence-corrected chi connectivity index (χ3v) is 1.74. The Morgan fingerprint density at radius 2 is 2.17 bits per heavy atom. The molecule has 2 rings (SSSR count). The van der Waals surface area contributed by atoms with Gasteiger partial charge in [0.25, 0.3) is 0 Å². The lowest BCUT2D eigenvalue weighted by Crippen LogP contribution is -1.95. The Morgan fingerprint density at radius 1 is 1.42 bits per heavy atom. The molecule has 0 aliphatic carbocycles. The molecular formula is C7H9N5. The van der Waals surface area contributed by atoms with Gasteiger partial charge in [-0.15, -0.1) is 5.10 Å². The SMILES string of the molecule is Cc1cc2nc(N)nn2cc1N. The normalized spacial score (nSPS) is 10.8.